The van der Waals surface area contributed by atoms with E-state index in [4.69, 9.17) is 4.74 Å². The molecule has 15 heteroatoms. The first kappa shape index (κ1) is 38.9. The third kappa shape index (κ3) is 7.60. The van der Waals surface area contributed by atoms with Crippen molar-refractivity contribution in [3.63, 3.8) is 0 Å². The molecule has 56 heavy (non-hydrogen) atoms. The third-order valence-electron chi connectivity index (χ3n) is 11.3. The molecule has 0 spiro atoms. The number of hydrogen-bond donors (Lipinski definition) is 3. The SMILES string of the molecule is C=C[C@@H]1CC1(NC(=O)[C@@H]1CC2CN1C(=O)[C@H](C(C)(C)C)NC(=O)OCC/C=C/CCc1c(-c3cccc4ccccc34)cnn2c1=O)C(=O)NS(=O)(=O)C1CC1. The van der Waals surface area contributed by atoms with E-state index in [0.717, 1.165) is 16.3 Å². The summed E-state index contributed by atoms with van der Waals surface area (Å²) >= 11 is 0. The Bertz CT molecular complexity index is 2290. The van der Waals surface area contributed by atoms with E-state index in [1.165, 1.54) is 15.7 Å². The molecule has 3 N–H and O–H groups in total. The average Bonchev–Trinajstić information content (AvgIpc) is 4.09. The molecular formula is C41H48N6O8S. The summed E-state index contributed by atoms with van der Waals surface area (Å²) < 4.78 is 34.4. The third-order valence-corrected chi connectivity index (χ3v) is 13.1. The average molecular weight is 785 g/mol. The van der Waals surface area contributed by atoms with Crippen LogP contribution in [0.2, 0.25) is 0 Å². The van der Waals surface area contributed by atoms with Gasteiger partial charge in [-0.1, -0.05) is 81.5 Å². The van der Waals surface area contributed by atoms with Gasteiger partial charge in [0.15, 0.2) is 0 Å². The second-order valence-electron chi connectivity index (χ2n) is 16.3. The summed E-state index contributed by atoms with van der Waals surface area (Å²) in [6, 6.07) is 10.7. The summed E-state index contributed by atoms with van der Waals surface area (Å²) in [5.74, 6) is -2.72. The molecule has 4 aliphatic rings. The number of hydrogen-bond acceptors (Lipinski definition) is 9. The van der Waals surface area contributed by atoms with Crippen LogP contribution in [0.3, 0.4) is 0 Å². The predicted octanol–water partition coefficient (Wildman–Crippen LogP) is 3.91. The van der Waals surface area contributed by atoms with Crippen LogP contribution >= 0.6 is 0 Å². The van der Waals surface area contributed by atoms with Crippen molar-refractivity contribution in [2.24, 2.45) is 11.3 Å². The van der Waals surface area contributed by atoms with Gasteiger partial charge in [0.2, 0.25) is 21.8 Å². The van der Waals surface area contributed by atoms with E-state index < -0.39 is 74.1 Å². The Morgan fingerprint density at radius 1 is 1.04 bits per heavy atom. The first-order chi connectivity index (χ1) is 26.6. The van der Waals surface area contributed by atoms with Crippen LogP contribution in [-0.4, -0.2) is 82.9 Å². The number of rotatable bonds is 7. The van der Waals surface area contributed by atoms with Gasteiger partial charge in [-0.25, -0.2) is 17.9 Å². The molecule has 3 aromatic rings. The smallest absolute Gasteiger partial charge is 0.407 e. The quantitative estimate of drug-likeness (QED) is 0.299. The van der Waals surface area contributed by atoms with Gasteiger partial charge in [-0.05, 0) is 60.3 Å². The Labute approximate surface area is 325 Å². The number of allylic oxidation sites excluding steroid dienone is 1. The molecule has 2 aliphatic carbocycles. The van der Waals surface area contributed by atoms with E-state index in [0.29, 0.717) is 43.2 Å². The van der Waals surface area contributed by atoms with Gasteiger partial charge in [-0.2, -0.15) is 5.10 Å². The van der Waals surface area contributed by atoms with E-state index in [-0.39, 0.29) is 31.6 Å². The summed E-state index contributed by atoms with van der Waals surface area (Å²) in [5.41, 5.74) is -0.739. The zero-order chi connectivity index (χ0) is 40.0. The molecular weight excluding hydrogens is 737 g/mol. The molecule has 1 aromatic heterocycles. The molecule has 5 atom stereocenters. The maximum absolute atomic E-state index is 14.6. The minimum Gasteiger partial charge on any atom is -0.449 e. The molecule has 3 fully saturated rings. The number of carbonyl (C=O) groups is 4. The number of ether oxygens (including phenoxy) is 1. The maximum Gasteiger partial charge on any atom is 0.407 e. The monoisotopic (exact) mass is 784 g/mol. The Kier molecular flexibility index (Phi) is 10.4. The van der Waals surface area contributed by atoms with Gasteiger partial charge in [0.25, 0.3) is 11.5 Å². The molecule has 14 nitrogen and oxygen atoms in total. The largest absolute Gasteiger partial charge is 0.449 e. The van der Waals surface area contributed by atoms with Crippen molar-refractivity contribution in [1.82, 2.24) is 30.0 Å². The minimum absolute atomic E-state index is 0.0461. The molecule has 4 amide bonds. The first-order valence-electron chi connectivity index (χ1n) is 19.1. The molecule has 2 aromatic carbocycles. The second-order valence-corrected chi connectivity index (χ2v) is 18.2. The van der Waals surface area contributed by atoms with Crippen LogP contribution in [-0.2, 0) is 35.6 Å². The van der Waals surface area contributed by atoms with Crippen LogP contribution in [0.5, 0.6) is 0 Å². The highest BCUT2D eigenvalue weighted by Crippen LogP contribution is 2.46. The molecule has 296 valence electrons. The molecule has 2 saturated carbocycles. The first-order valence-corrected chi connectivity index (χ1v) is 20.7. The van der Waals surface area contributed by atoms with Crippen molar-refractivity contribution in [2.75, 3.05) is 13.2 Å². The van der Waals surface area contributed by atoms with E-state index >= 15 is 0 Å². The van der Waals surface area contributed by atoms with Crippen LogP contribution < -0.4 is 20.9 Å². The van der Waals surface area contributed by atoms with Gasteiger partial charge in [-0.15, -0.1) is 6.58 Å². The Hall–Kier alpha value is -5.31. The van der Waals surface area contributed by atoms with Crippen molar-refractivity contribution in [1.29, 1.82) is 0 Å². The van der Waals surface area contributed by atoms with E-state index in [1.807, 2.05) is 54.6 Å². The highest BCUT2D eigenvalue weighted by molar-refractivity contribution is 7.91. The number of aromatic nitrogens is 2. The highest BCUT2D eigenvalue weighted by Gasteiger charge is 2.62. The van der Waals surface area contributed by atoms with Crippen LogP contribution in [0.4, 0.5) is 4.79 Å². The number of nitrogens with one attached hydrogen (secondary N) is 3. The summed E-state index contributed by atoms with van der Waals surface area (Å²) in [7, 11) is -3.93. The Balaban J connectivity index is 1.29. The number of alkyl carbamates (subject to hydrolysis) is 1. The summed E-state index contributed by atoms with van der Waals surface area (Å²) in [5, 5.41) is 11.5. The minimum atomic E-state index is -3.93. The number of sulfonamides is 1. The number of carbonyl (C=O) groups excluding carboxylic acids is 4. The number of fused-ring (bicyclic) bond motifs is 6. The fourth-order valence-corrected chi connectivity index (χ4v) is 9.22. The van der Waals surface area contributed by atoms with E-state index in [9.17, 15) is 32.4 Å². The van der Waals surface area contributed by atoms with Gasteiger partial charge in [0, 0.05) is 30.0 Å². The van der Waals surface area contributed by atoms with Gasteiger partial charge in [0.05, 0.1) is 24.1 Å². The number of amides is 4. The van der Waals surface area contributed by atoms with Crippen LogP contribution in [0.25, 0.3) is 21.9 Å². The lowest BCUT2D eigenvalue weighted by Crippen LogP contribution is -2.60. The molecule has 1 saturated heterocycles. The summed E-state index contributed by atoms with van der Waals surface area (Å²) in [6.07, 6.45) is 8.44. The Morgan fingerprint density at radius 3 is 2.48 bits per heavy atom. The van der Waals surface area contributed by atoms with Crippen LogP contribution in [0, 0.1) is 11.3 Å². The number of nitrogens with zero attached hydrogens (tertiary/aromatic N) is 3. The topological polar surface area (TPSA) is 186 Å². The van der Waals surface area contributed by atoms with Crippen molar-refractivity contribution >= 4 is 44.6 Å². The lowest BCUT2D eigenvalue weighted by atomic mass is 9.85. The van der Waals surface area contributed by atoms with Crippen LogP contribution in [0.1, 0.15) is 70.9 Å². The molecule has 2 aliphatic heterocycles. The number of benzene rings is 2. The van der Waals surface area contributed by atoms with E-state index in [1.54, 1.807) is 27.0 Å². The lowest BCUT2D eigenvalue weighted by Gasteiger charge is -2.35. The van der Waals surface area contributed by atoms with Crippen molar-refractivity contribution < 1.29 is 32.3 Å². The zero-order valence-corrected chi connectivity index (χ0v) is 32.6. The normalized spacial score (nSPS) is 26.4. The molecule has 0 radical (unpaired) electrons. The fourth-order valence-electron chi connectivity index (χ4n) is 7.86. The lowest BCUT2D eigenvalue weighted by molar-refractivity contribution is -0.142. The summed E-state index contributed by atoms with van der Waals surface area (Å²) in [6.45, 7) is 9.03. The van der Waals surface area contributed by atoms with Crippen molar-refractivity contribution in [3.05, 3.63) is 89.4 Å². The van der Waals surface area contributed by atoms with Crippen molar-refractivity contribution in [3.8, 4) is 11.1 Å². The fraction of sp³-hybridized carbons (Fsp3) is 0.463. The van der Waals surface area contributed by atoms with Gasteiger partial charge in [-0.3, -0.25) is 23.9 Å². The van der Waals surface area contributed by atoms with Crippen LogP contribution in [0.15, 0.2) is 78.3 Å². The Morgan fingerprint density at radius 2 is 1.77 bits per heavy atom. The number of cyclic esters (lactones) is 1. The molecule has 4 bridgehead atoms. The zero-order valence-electron chi connectivity index (χ0n) is 31.8. The highest BCUT2D eigenvalue weighted by atomic mass is 32.2. The second kappa shape index (κ2) is 15.0. The standard InChI is InChI=1S/C41H48N6O8S/c1-5-26-22-41(26,38(51)45-56(53,54)28-18-19-28)44-35(48)33-21-27-24-46(33)37(50)34(40(2,3)4)43-39(52)55-20-11-7-6-8-16-31-32(23-42-47(27)36(31)49)30-17-12-14-25-13-9-10-15-29(25)30/h5-7,9-10,12-15,17,23,26-28,33-34H,1,8,11,16,18-22,24H2,2-4H3,(H,43,52)(H,44,48)(H,45,51)/b7-6+/t26-,27?,33+,34-,41?/m1/s1. The maximum atomic E-state index is 14.6. The molecule has 3 heterocycles. The van der Waals surface area contributed by atoms with Gasteiger partial charge >= 0.3 is 6.09 Å². The van der Waals surface area contributed by atoms with Gasteiger partial charge in [0.1, 0.15) is 17.6 Å². The van der Waals surface area contributed by atoms with E-state index in [2.05, 4.69) is 27.0 Å². The summed E-state index contributed by atoms with van der Waals surface area (Å²) in [4.78, 5) is 71.6. The predicted molar refractivity (Wildman–Crippen MR) is 210 cm³/mol. The molecule has 2 unspecified atom stereocenters. The van der Waals surface area contributed by atoms with Crippen molar-refractivity contribution in [2.45, 2.75) is 94.6 Å². The molecule has 7 rings (SSSR count). The van der Waals surface area contributed by atoms with Gasteiger partial charge < -0.3 is 20.3 Å².